The van der Waals surface area contributed by atoms with Crippen molar-refractivity contribution < 1.29 is 19.1 Å². The van der Waals surface area contributed by atoms with E-state index in [1.807, 2.05) is 24.3 Å². The predicted molar refractivity (Wildman–Crippen MR) is 97.0 cm³/mol. The number of nitrogens with one attached hydrogen (secondary N) is 3. The van der Waals surface area contributed by atoms with Gasteiger partial charge in [0.25, 0.3) is 11.8 Å². The molecule has 0 aliphatic heterocycles. The van der Waals surface area contributed by atoms with E-state index in [0.29, 0.717) is 17.1 Å². The van der Waals surface area contributed by atoms with E-state index < -0.39 is 17.9 Å². The third-order valence-corrected chi connectivity index (χ3v) is 3.87. The first-order chi connectivity index (χ1) is 12.6. The Morgan fingerprint density at radius 1 is 1.00 bits per heavy atom. The molecule has 3 rings (SSSR count). The zero-order chi connectivity index (χ0) is 18.5. The van der Waals surface area contributed by atoms with Crippen LogP contribution in [0.3, 0.4) is 0 Å². The minimum Gasteiger partial charge on any atom is -0.497 e. The first-order valence-corrected chi connectivity index (χ1v) is 8.05. The number of ether oxygens (including phenoxy) is 2. The van der Waals surface area contributed by atoms with Crippen molar-refractivity contribution in [2.24, 2.45) is 0 Å². The molecule has 7 heteroatoms. The van der Waals surface area contributed by atoms with Crippen LogP contribution in [0.5, 0.6) is 11.5 Å². The van der Waals surface area contributed by atoms with Crippen molar-refractivity contribution >= 4 is 22.7 Å². The average molecular weight is 353 g/mol. The summed E-state index contributed by atoms with van der Waals surface area (Å²) in [4.78, 5) is 27.4. The minimum atomic E-state index is -0.785. The van der Waals surface area contributed by atoms with Gasteiger partial charge < -0.3 is 14.5 Å². The smallest absolute Gasteiger partial charge is 0.279 e. The van der Waals surface area contributed by atoms with E-state index in [-0.39, 0.29) is 0 Å². The van der Waals surface area contributed by atoms with Crippen molar-refractivity contribution in [3.05, 3.63) is 60.3 Å². The minimum absolute atomic E-state index is 0.410. The fourth-order valence-electron chi connectivity index (χ4n) is 2.46. The van der Waals surface area contributed by atoms with Gasteiger partial charge in [-0.25, -0.2) is 0 Å². The number of H-pyrrole nitrogens is 1. The van der Waals surface area contributed by atoms with Crippen LogP contribution in [0.2, 0.25) is 0 Å². The van der Waals surface area contributed by atoms with Gasteiger partial charge in [0.2, 0.25) is 0 Å². The first-order valence-electron chi connectivity index (χ1n) is 8.05. The maximum Gasteiger partial charge on any atom is 0.279 e. The summed E-state index contributed by atoms with van der Waals surface area (Å²) in [5, 5.41) is 0.779. The zero-order valence-corrected chi connectivity index (χ0v) is 14.4. The summed E-state index contributed by atoms with van der Waals surface area (Å²) < 4.78 is 10.6. The number of hydrogen-bond acceptors (Lipinski definition) is 4. The van der Waals surface area contributed by atoms with Gasteiger partial charge in [0.15, 0.2) is 6.10 Å². The number of methoxy groups -OCH3 is 1. The molecule has 1 unspecified atom stereocenters. The number of carbonyl (C=O) groups is 2. The highest BCUT2D eigenvalue weighted by Gasteiger charge is 2.17. The van der Waals surface area contributed by atoms with E-state index in [1.165, 1.54) is 0 Å². The highest BCUT2D eigenvalue weighted by Crippen LogP contribution is 2.18. The molecule has 0 aliphatic rings. The summed E-state index contributed by atoms with van der Waals surface area (Å²) in [6.45, 7) is 1.59. The quantitative estimate of drug-likeness (QED) is 0.614. The van der Waals surface area contributed by atoms with Crippen molar-refractivity contribution in [3.8, 4) is 11.5 Å². The van der Waals surface area contributed by atoms with Crippen LogP contribution in [0.15, 0.2) is 54.7 Å². The number of hydrazine groups is 1. The van der Waals surface area contributed by atoms with E-state index in [0.717, 1.165) is 10.9 Å². The molecule has 7 nitrogen and oxygen atoms in total. The van der Waals surface area contributed by atoms with Crippen molar-refractivity contribution in [2.45, 2.75) is 13.0 Å². The van der Waals surface area contributed by atoms with Crippen molar-refractivity contribution in [2.75, 3.05) is 7.11 Å². The van der Waals surface area contributed by atoms with E-state index in [9.17, 15) is 9.59 Å². The average Bonchev–Trinajstić information content (AvgIpc) is 3.10. The van der Waals surface area contributed by atoms with Crippen molar-refractivity contribution in [1.29, 1.82) is 0 Å². The highest BCUT2D eigenvalue weighted by atomic mass is 16.5. The van der Waals surface area contributed by atoms with Gasteiger partial charge in [-0.3, -0.25) is 20.4 Å². The molecular weight excluding hydrogens is 334 g/mol. The van der Waals surface area contributed by atoms with Gasteiger partial charge in [-0.2, -0.15) is 0 Å². The topological polar surface area (TPSA) is 92.4 Å². The second-order valence-corrected chi connectivity index (χ2v) is 5.63. The Labute approximate surface area is 150 Å². The monoisotopic (exact) mass is 353 g/mol. The van der Waals surface area contributed by atoms with Crippen LogP contribution in [-0.2, 0) is 4.79 Å². The van der Waals surface area contributed by atoms with Gasteiger partial charge in [-0.15, -0.1) is 0 Å². The maximum absolute atomic E-state index is 12.3. The van der Waals surface area contributed by atoms with Gasteiger partial charge in [-0.1, -0.05) is 18.2 Å². The molecule has 134 valence electrons. The molecule has 1 heterocycles. The SMILES string of the molecule is COc1ccc(OC(C)C(=O)NNC(=O)c2c[nH]c3ccccc23)cc1. The molecule has 0 spiro atoms. The Balaban J connectivity index is 1.56. The Morgan fingerprint density at radius 2 is 1.69 bits per heavy atom. The normalized spacial score (nSPS) is 11.6. The highest BCUT2D eigenvalue weighted by molar-refractivity contribution is 6.07. The molecule has 1 aromatic heterocycles. The summed E-state index contributed by atoms with van der Waals surface area (Å²) >= 11 is 0. The van der Waals surface area contributed by atoms with Gasteiger partial charge in [0.1, 0.15) is 11.5 Å². The number of aromatic nitrogens is 1. The lowest BCUT2D eigenvalue weighted by Crippen LogP contribution is -2.47. The molecule has 0 aliphatic carbocycles. The van der Waals surface area contributed by atoms with Crippen LogP contribution in [-0.4, -0.2) is 30.0 Å². The van der Waals surface area contributed by atoms with Crippen LogP contribution in [0.4, 0.5) is 0 Å². The standard InChI is InChI=1S/C19H19N3O4/c1-12(26-14-9-7-13(25-2)8-10-14)18(23)21-22-19(24)16-11-20-17-6-4-3-5-15(16)17/h3-12,20H,1-2H3,(H,21,23)(H,22,24). The third-order valence-electron chi connectivity index (χ3n) is 3.87. The van der Waals surface area contributed by atoms with Gasteiger partial charge in [-0.05, 0) is 37.3 Å². The summed E-state index contributed by atoms with van der Waals surface area (Å²) in [6.07, 6.45) is 0.815. The van der Waals surface area contributed by atoms with Crippen LogP contribution in [0.1, 0.15) is 17.3 Å². The van der Waals surface area contributed by atoms with Crippen LogP contribution < -0.4 is 20.3 Å². The zero-order valence-electron chi connectivity index (χ0n) is 14.4. The summed E-state index contributed by atoms with van der Waals surface area (Å²) in [5.74, 6) is 0.346. The number of amides is 2. The van der Waals surface area contributed by atoms with E-state index in [4.69, 9.17) is 9.47 Å². The number of aromatic amines is 1. The Morgan fingerprint density at radius 3 is 2.42 bits per heavy atom. The molecule has 1 atom stereocenters. The summed E-state index contributed by atoms with van der Waals surface area (Å²) in [5.41, 5.74) is 6.08. The number of hydrogen-bond donors (Lipinski definition) is 3. The number of benzene rings is 2. The van der Waals surface area contributed by atoms with E-state index in [2.05, 4.69) is 15.8 Å². The lowest BCUT2D eigenvalue weighted by molar-refractivity contribution is -0.128. The predicted octanol–water partition coefficient (Wildman–Crippen LogP) is 2.41. The summed E-state index contributed by atoms with van der Waals surface area (Å²) in [7, 11) is 1.57. The molecule has 3 aromatic rings. The largest absolute Gasteiger partial charge is 0.497 e. The van der Waals surface area contributed by atoms with E-state index in [1.54, 1.807) is 44.5 Å². The molecule has 0 fully saturated rings. The van der Waals surface area contributed by atoms with Crippen LogP contribution in [0.25, 0.3) is 10.9 Å². The van der Waals surface area contributed by atoms with Crippen molar-refractivity contribution in [3.63, 3.8) is 0 Å². The second-order valence-electron chi connectivity index (χ2n) is 5.63. The van der Waals surface area contributed by atoms with Gasteiger partial charge >= 0.3 is 0 Å². The molecule has 26 heavy (non-hydrogen) atoms. The Kier molecular flexibility index (Phi) is 5.07. The van der Waals surface area contributed by atoms with E-state index >= 15 is 0 Å². The molecule has 2 aromatic carbocycles. The number of rotatable bonds is 5. The molecule has 0 saturated carbocycles. The maximum atomic E-state index is 12.3. The molecule has 3 N–H and O–H groups in total. The fourth-order valence-corrected chi connectivity index (χ4v) is 2.46. The summed E-state index contributed by atoms with van der Waals surface area (Å²) in [6, 6.07) is 14.3. The van der Waals surface area contributed by atoms with Crippen LogP contribution >= 0.6 is 0 Å². The molecule has 2 amide bonds. The van der Waals surface area contributed by atoms with Gasteiger partial charge in [0, 0.05) is 17.1 Å². The lowest BCUT2D eigenvalue weighted by Gasteiger charge is -2.15. The number of fused-ring (bicyclic) bond motifs is 1. The molecule has 0 saturated heterocycles. The molecule has 0 bridgehead atoms. The fraction of sp³-hybridized carbons (Fsp3) is 0.158. The van der Waals surface area contributed by atoms with Gasteiger partial charge in [0.05, 0.1) is 12.7 Å². The lowest BCUT2D eigenvalue weighted by atomic mass is 10.2. The van der Waals surface area contributed by atoms with Crippen LogP contribution in [0, 0.1) is 0 Å². The first kappa shape index (κ1) is 17.3. The number of para-hydroxylation sites is 1. The molecule has 0 radical (unpaired) electrons. The Bertz CT molecular complexity index is 918. The Hall–Kier alpha value is -3.48. The number of carbonyl (C=O) groups excluding carboxylic acids is 2. The molecular formula is C19H19N3O4. The second kappa shape index (κ2) is 7.60. The van der Waals surface area contributed by atoms with Crippen molar-refractivity contribution in [1.82, 2.24) is 15.8 Å². The third kappa shape index (κ3) is 3.77.